The van der Waals surface area contributed by atoms with E-state index in [-0.39, 0.29) is 5.91 Å². The fourth-order valence-corrected chi connectivity index (χ4v) is 5.30. The number of unbranched alkanes of at least 4 members (excludes halogenated alkanes) is 1. The monoisotopic (exact) mass is 559 g/mol. The molecule has 0 aliphatic heterocycles. The number of nitrogens with one attached hydrogen (secondary N) is 2. The Kier molecular flexibility index (Phi) is 13.5. The summed E-state index contributed by atoms with van der Waals surface area (Å²) in [5, 5.41) is 3.82. The molecule has 0 saturated heterocycles. The summed E-state index contributed by atoms with van der Waals surface area (Å²) in [6, 6.07) is 17.1. The van der Waals surface area contributed by atoms with Crippen molar-refractivity contribution in [3.8, 4) is 22.5 Å². The Morgan fingerprint density at radius 2 is 1.54 bits per heavy atom. The lowest BCUT2D eigenvalue weighted by molar-refractivity contribution is -0.121. The second-order valence-electron chi connectivity index (χ2n) is 8.19. The zero-order valence-corrected chi connectivity index (χ0v) is 24.3. The average Bonchev–Trinajstić information content (AvgIpc) is 3.36. The molecule has 1 amide bonds. The van der Waals surface area contributed by atoms with Gasteiger partial charge in [-0.3, -0.25) is 4.79 Å². The van der Waals surface area contributed by atoms with Crippen molar-refractivity contribution >= 4 is 41.2 Å². The van der Waals surface area contributed by atoms with Crippen LogP contribution >= 0.6 is 35.3 Å². The number of ether oxygens (including phenoxy) is 2. The van der Waals surface area contributed by atoms with Crippen molar-refractivity contribution in [2.24, 2.45) is 0 Å². The van der Waals surface area contributed by atoms with Gasteiger partial charge in [-0.2, -0.15) is 0 Å². The van der Waals surface area contributed by atoms with Crippen LogP contribution in [0.25, 0.3) is 22.5 Å². The fourth-order valence-electron chi connectivity index (χ4n) is 3.62. The van der Waals surface area contributed by atoms with Crippen LogP contribution in [0.4, 0.5) is 0 Å². The van der Waals surface area contributed by atoms with Gasteiger partial charge in [-0.05, 0) is 56.5 Å². The number of carbonyl (C=O) groups excluding carboxylic acids is 1. The summed E-state index contributed by atoms with van der Waals surface area (Å²) in [6.45, 7) is 4.85. The summed E-state index contributed by atoms with van der Waals surface area (Å²) in [6.07, 6.45) is 6.48. The Labute approximate surface area is 233 Å². The van der Waals surface area contributed by atoms with Crippen LogP contribution in [-0.2, 0) is 14.3 Å². The zero-order valence-electron chi connectivity index (χ0n) is 21.9. The normalized spacial score (nSPS) is 11.1. The Morgan fingerprint density at radius 1 is 0.892 bits per heavy atom. The second-order valence-corrected chi connectivity index (χ2v) is 11.0. The zero-order chi connectivity index (χ0) is 26.3. The average molecular weight is 560 g/mol. The summed E-state index contributed by atoms with van der Waals surface area (Å²) < 4.78 is 10.6. The van der Waals surface area contributed by atoms with Gasteiger partial charge in [0.05, 0.1) is 31.2 Å². The number of hydrogen-bond donors (Lipinski definition) is 2. The van der Waals surface area contributed by atoms with E-state index in [1.165, 1.54) is 9.79 Å². The third kappa shape index (κ3) is 10.1. The molecule has 0 unspecified atom stereocenters. The number of carbonyl (C=O) groups is 1. The number of hydrogen-bond acceptors (Lipinski definition) is 7. The fraction of sp³-hybridized carbons (Fsp3) is 0.429. The van der Waals surface area contributed by atoms with Gasteiger partial charge in [-0.25, -0.2) is 4.98 Å². The summed E-state index contributed by atoms with van der Waals surface area (Å²) >= 11 is 5.18. The largest absolute Gasteiger partial charge is 0.379 e. The minimum atomic E-state index is 0.0726. The lowest BCUT2D eigenvalue weighted by Crippen LogP contribution is -2.27. The third-order valence-electron chi connectivity index (χ3n) is 5.61. The number of aromatic nitrogens is 2. The number of thioether (sulfide) groups is 3. The maximum absolute atomic E-state index is 12.0. The Balaban J connectivity index is 1.50. The molecule has 0 aliphatic carbocycles. The van der Waals surface area contributed by atoms with Gasteiger partial charge in [0.1, 0.15) is 0 Å². The van der Waals surface area contributed by atoms with Crippen LogP contribution in [0.1, 0.15) is 26.2 Å². The first-order valence-corrected chi connectivity index (χ1v) is 16.0. The lowest BCUT2D eigenvalue weighted by Gasteiger charge is -2.06. The molecule has 6 nitrogen and oxygen atoms in total. The predicted molar refractivity (Wildman–Crippen MR) is 158 cm³/mol. The first-order valence-electron chi connectivity index (χ1n) is 12.6. The number of aromatic amines is 1. The molecule has 0 bridgehead atoms. The van der Waals surface area contributed by atoms with Gasteiger partial charge in [0, 0.05) is 46.2 Å². The van der Waals surface area contributed by atoms with Crippen molar-refractivity contribution in [2.75, 3.05) is 51.2 Å². The van der Waals surface area contributed by atoms with Gasteiger partial charge in [0.15, 0.2) is 5.16 Å². The van der Waals surface area contributed by atoms with Crippen LogP contribution < -0.4 is 5.32 Å². The van der Waals surface area contributed by atoms with E-state index in [1.807, 2.05) is 6.92 Å². The number of benzene rings is 2. The molecule has 2 N–H and O–H groups in total. The van der Waals surface area contributed by atoms with E-state index in [2.05, 4.69) is 71.3 Å². The van der Waals surface area contributed by atoms with Gasteiger partial charge < -0.3 is 19.8 Å². The van der Waals surface area contributed by atoms with Gasteiger partial charge in [-0.1, -0.05) is 36.0 Å². The minimum Gasteiger partial charge on any atom is -0.379 e. The van der Waals surface area contributed by atoms with Crippen LogP contribution in [0.5, 0.6) is 0 Å². The number of rotatable bonds is 17. The first kappa shape index (κ1) is 29.6. The molecule has 3 aromatic rings. The van der Waals surface area contributed by atoms with E-state index in [4.69, 9.17) is 14.5 Å². The molecule has 37 heavy (non-hydrogen) atoms. The van der Waals surface area contributed by atoms with E-state index in [9.17, 15) is 4.79 Å². The molecule has 3 rings (SSSR count). The SMILES string of the molecule is CCOCCOCCNC(=O)CCCCSc1nc(-c2ccc(SC)cc2)c(-c2ccc(SC)cc2)[nH]1. The van der Waals surface area contributed by atoms with Crippen molar-refractivity contribution in [1.82, 2.24) is 15.3 Å². The number of amides is 1. The van der Waals surface area contributed by atoms with E-state index in [1.54, 1.807) is 35.3 Å². The van der Waals surface area contributed by atoms with Gasteiger partial charge in [-0.15, -0.1) is 23.5 Å². The second kappa shape index (κ2) is 16.8. The summed E-state index contributed by atoms with van der Waals surface area (Å²) in [5.74, 6) is 0.972. The molecule has 2 aromatic carbocycles. The van der Waals surface area contributed by atoms with Crippen LogP contribution in [0.3, 0.4) is 0 Å². The predicted octanol–water partition coefficient (Wildman–Crippen LogP) is 6.62. The van der Waals surface area contributed by atoms with Crippen molar-refractivity contribution in [1.29, 1.82) is 0 Å². The minimum absolute atomic E-state index is 0.0726. The topological polar surface area (TPSA) is 76.2 Å². The summed E-state index contributed by atoms with van der Waals surface area (Å²) in [4.78, 5) is 23.0. The highest BCUT2D eigenvalue weighted by Gasteiger charge is 2.15. The first-order chi connectivity index (χ1) is 18.1. The lowest BCUT2D eigenvalue weighted by atomic mass is 10.1. The molecular formula is C28H37N3O3S3. The van der Waals surface area contributed by atoms with E-state index >= 15 is 0 Å². The highest BCUT2D eigenvalue weighted by Crippen LogP contribution is 2.34. The molecule has 1 heterocycles. The number of imidazole rings is 1. The molecule has 0 spiro atoms. The molecule has 1 aromatic heterocycles. The smallest absolute Gasteiger partial charge is 0.220 e. The van der Waals surface area contributed by atoms with Crippen molar-refractivity contribution in [3.05, 3.63) is 48.5 Å². The van der Waals surface area contributed by atoms with Crippen LogP contribution in [0.2, 0.25) is 0 Å². The Hall–Kier alpha value is -1.91. The molecule has 9 heteroatoms. The van der Waals surface area contributed by atoms with Crippen molar-refractivity contribution in [2.45, 2.75) is 41.1 Å². The van der Waals surface area contributed by atoms with Gasteiger partial charge in [0.2, 0.25) is 5.91 Å². The highest BCUT2D eigenvalue weighted by molar-refractivity contribution is 7.99. The number of H-pyrrole nitrogens is 1. The molecule has 0 saturated carbocycles. The highest BCUT2D eigenvalue weighted by atomic mass is 32.2. The third-order valence-corrected chi connectivity index (χ3v) is 8.05. The number of nitrogens with zero attached hydrogens (tertiary/aromatic N) is 1. The molecule has 0 radical (unpaired) electrons. The molecule has 0 aliphatic rings. The van der Waals surface area contributed by atoms with E-state index in [0.717, 1.165) is 46.3 Å². The Morgan fingerprint density at radius 3 is 2.19 bits per heavy atom. The molecule has 200 valence electrons. The van der Waals surface area contributed by atoms with Crippen LogP contribution in [-0.4, -0.2) is 67.1 Å². The summed E-state index contributed by atoms with van der Waals surface area (Å²) in [7, 11) is 0. The standard InChI is InChI=1S/C28H37N3O3S3/c1-4-33-18-19-34-17-16-29-25(32)7-5-6-20-37-28-30-26(21-8-12-23(35-2)13-9-21)27(31-28)22-10-14-24(36-3)15-11-22/h8-15H,4-7,16-20H2,1-3H3,(H,29,32)(H,30,31). The van der Waals surface area contributed by atoms with Crippen LogP contribution in [0, 0.1) is 0 Å². The molecular weight excluding hydrogens is 523 g/mol. The van der Waals surface area contributed by atoms with E-state index < -0.39 is 0 Å². The maximum Gasteiger partial charge on any atom is 0.220 e. The van der Waals surface area contributed by atoms with Gasteiger partial charge >= 0.3 is 0 Å². The molecule has 0 atom stereocenters. The maximum atomic E-state index is 12.0. The summed E-state index contributed by atoms with van der Waals surface area (Å²) in [5.41, 5.74) is 4.23. The van der Waals surface area contributed by atoms with Crippen molar-refractivity contribution < 1.29 is 14.3 Å². The molecule has 0 fully saturated rings. The van der Waals surface area contributed by atoms with Crippen molar-refractivity contribution in [3.63, 3.8) is 0 Å². The Bertz CT molecular complexity index is 1010. The van der Waals surface area contributed by atoms with Gasteiger partial charge in [0.25, 0.3) is 0 Å². The van der Waals surface area contributed by atoms with E-state index in [0.29, 0.717) is 39.4 Å². The quantitative estimate of drug-likeness (QED) is 0.142. The van der Waals surface area contributed by atoms with Crippen LogP contribution in [0.15, 0.2) is 63.5 Å².